The maximum Gasteiger partial charge on any atom is 0.320 e. The van der Waals surface area contributed by atoms with Gasteiger partial charge in [0.15, 0.2) is 12.2 Å². The van der Waals surface area contributed by atoms with Gasteiger partial charge in [-0.1, -0.05) is 30.3 Å². The highest BCUT2D eigenvalue weighted by atomic mass is 16.7. The Labute approximate surface area is 185 Å². The first-order valence-corrected chi connectivity index (χ1v) is 11.0. The zero-order chi connectivity index (χ0) is 22.5. The van der Waals surface area contributed by atoms with Crippen LogP contribution in [0.25, 0.3) is 0 Å². The monoisotopic (exact) mass is 445 g/mol. The molecule has 32 heavy (non-hydrogen) atoms. The number of hydrogen-bond acceptors (Lipinski definition) is 9. The number of esters is 3. The van der Waals surface area contributed by atoms with E-state index >= 15 is 0 Å². The molecule has 1 aromatic rings. The van der Waals surface area contributed by atoms with Crippen molar-refractivity contribution in [3.63, 3.8) is 0 Å². The maximum atomic E-state index is 13.2. The minimum atomic E-state index is -0.898. The maximum absolute atomic E-state index is 13.2. The molecule has 4 aliphatic rings. The molecule has 6 atom stereocenters. The number of rotatable bonds is 6. The molecule has 4 saturated heterocycles. The molecule has 1 aromatic carbocycles. The largest absolute Gasteiger partial charge is 0.455 e. The van der Waals surface area contributed by atoms with Crippen LogP contribution in [0.5, 0.6) is 0 Å². The van der Waals surface area contributed by atoms with Crippen LogP contribution in [-0.2, 0) is 43.7 Å². The Balaban J connectivity index is 1.30. The molecule has 0 N–H and O–H groups in total. The molecule has 2 bridgehead atoms. The first kappa shape index (κ1) is 21.4. The molecule has 9 heteroatoms. The molecule has 0 radical (unpaired) electrons. The second-order valence-electron chi connectivity index (χ2n) is 9.16. The van der Waals surface area contributed by atoms with Crippen molar-refractivity contribution < 1.29 is 38.1 Å². The molecule has 4 heterocycles. The molecule has 9 nitrogen and oxygen atoms in total. The van der Waals surface area contributed by atoms with E-state index in [1.54, 1.807) is 13.8 Å². The van der Waals surface area contributed by atoms with Gasteiger partial charge in [0.2, 0.25) is 0 Å². The first-order chi connectivity index (χ1) is 15.3. The normalized spacial score (nSPS) is 33.8. The fraction of sp³-hybridized carbons (Fsp3) is 0.609. The summed E-state index contributed by atoms with van der Waals surface area (Å²) in [5, 5.41) is 0. The van der Waals surface area contributed by atoms with E-state index in [1.165, 1.54) is 0 Å². The standard InChI is InChI=1S/C23H27NO8/c1-23(2,13-6-4-3-5-7-13)32-22(27)16-15-17-20(31-21(15)26)19(18(16)30-17)29-14(25)12-24-8-10-28-11-9-24/h3-7,15-20H,8-12H2,1-2H3. The van der Waals surface area contributed by atoms with Gasteiger partial charge < -0.3 is 23.7 Å². The molecule has 0 amide bonds. The predicted molar refractivity (Wildman–Crippen MR) is 108 cm³/mol. The predicted octanol–water partition coefficient (Wildman–Crippen LogP) is 0.648. The summed E-state index contributed by atoms with van der Waals surface area (Å²) in [5.41, 5.74) is -0.0669. The third-order valence-electron chi connectivity index (χ3n) is 6.73. The Kier molecular flexibility index (Phi) is 5.43. The summed E-state index contributed by atoms with van der Waals surface area (Å²) in [6.07, 6.45) is -2.88. The van der Waals surface area contributed by atoms with Gasteiger partial charge in [-0.25, -0.2) is 0 Å². The van der Waals surface area contributed by atoms with Gasteiger partial charge in [-0.05, 0) is 19.4 Å². The Morgan fingerprint density at radius 2 is 1.81 bits per heavy atom. The highest BCUT2D eigenvalue weighted by molar-refractivity contribution is 5.87. The number of hydrogen-bond donors (Lipinski definition) is 0. The van der Waals surface area contributed by atoms with Crippen molar-refractivity contribution in [2.75, 3.05) is 32.8 Å². The lowest BCUT2D eigenvalue weighted by molar-refractivity contribution is -0.172. The highest BCUT2D eigenvalue weighted by Crippen LogP contribution is 2.52. The van der Waals surface area contributed by atoms with E-state index in [0.29, 0.717) is 26.3 Å². The summed E-state index contributed by atoms with van der Waals surface area (Å²) in [4.78, 5) is 40.3. The Morgan fingerprint density at radius 1 is 1.09 bits per heavy atom. The fourth-order valence-corrected chi connectivity index (χ4v) is 5.09. The zero-order valence-corrected chi connectivity index (χ0v) is 18.1. The summed E-state index contributed by atoms with van der Waals surface area (Å²) >= 11 is 0. The first-order valence-electron chi connectivity index (χ1n) is 11.0. The molecule has 0 saturated carbocycles. The van der Waals surface area contributed by atoms with Crippen molar-refractivity contribution in [3.8, 4) is 0 Å². The minimum absolute atomic E-state index is 0.109. The zero-order valence-electron chi connectivity index (χ0n) is 18.1. The lowest BCUT2D eigenvalue weighted by Gasteiger charge is -2.32. The molecule has 0 spiro atoms. The van der Waals surface area contributed by atoms with Crippen molar-refractivity contribution in [1.82, 2.24) is 4.90 Å². The summed E-state index contributed by atoms with van der Waals surface area (Å²) in [5.74, 6) is -3.12. The second kappa shape index (κ2) is 8.13. The minimum Gasteiger partial charge on any atom is -0.455 e. The van der Waals surface area contributed by atoms with Gasteiger partial charge in [-0.2, -0.15) is 0 Å². The average Bonchev–Trinajstić information content (AvgIpc) is 3.38. The van der Waals surface area contributed by atoms with Gasteiger partial charge in [0.05, 0.1) is 19.8 Å². The SMILES string of the molecule is CC(C)(OC(=O)C1C2OC3C(OC(=O)C31)C2OC(=O)CN1CCOCC1)c1ccccc1. The molecule has 0 aromatic heterocycles. The van der Waals surface area contributed by atoms with Crippen molar-refractivity contribution in [1.29, 1.82) is 0 Å². The van der Waals surface area contributed by atoms with Crippen molar-refractivity contribution >= 4 is 17.9 Å². The molecule has 6 unspecified atom stereocenters. The van der Waals surface area contributed by atoms with E-state index in [9.17, 15) is 14.4 Å². The Hall–Kier alpha value is -2.49. The summed E-state index contributed by atoms with van der Waals surface area (Å²) in [7, 11) is 0. The average molecular weight is 445 g/mol. The summed E-state index contributed by atoms with van der Waals surface area (Å²) < 4.78 is 28.2. The van der Waals surface area contributed by atoms with Crippen LogP contribution in [0, 0.1) is 11.8 Å². The molecular formula is C23H27NO8. The van der Waals surface area contributed by atoms with E-state index in [1.807, 2.05) is 35.2 Å². The number of nitrogens with zero attached hydrogens (tertiary/aromatic N) is 1. The summed E-state index contributed by atoms with van der Waals surface area (Å²) in [6, 6.07) is 9.37. The van der Waals surface area contributed by atoms with E-state index in [0.717, 1.165) is 5.56 Å². The van der Waals surface area contributed by atoms with Gasteiger partial charge in [-0.3, -0.25) is 19.3 Å². The van der Waals surface area contributed by atoms with Gasteiger partial charge in [0.1, 0.15) is 29.6 Å². The molecule has 4 aliphatic heterocycles. The van der Waals surface area contributed by atoms with Gasteiger partial charge in [-0.15, -0.1) is 0 Å². The van der Waals surface area contributed by atoms with E-state index in [-0.39, 0.29) is 6.54 Å². The lowest BCUT2D eigenvalue weighted by Crippen LogP contribution is -2.50. The molecule has 0 aliphatic carbocycles. The van der Waals surface area contributed by atoms with Crippen LogP contribution in [0.15, 0.2) is 30.3 Å². The highest BCUT2D eigenvalue weighted by Gasteiger charge is 2.72. The third kappa shape index (κ3) is 3.68. The second-order valence-corrected chi connectivity index (χ2v) is 9.16. The number of carbonyl (C=O) groups is 3. The van der Waals surface area contributed by atoms with E-state index in [2.05, 4.69) is 0 Å². The van der Waals surface area contributed by atoms with Crippen LogP contribution in [0.3, 0.4) is 0 Å². The van der Waals surface area contributed by atoms with Gasteiger partial charge >= 0.3 is 17.9 Å². The number of fused-ring (bicyclic) bond motifs is 1. The Morgan fingerprint density at radius 3 is 2.53 bits per heavy atom. The molecule has 5 rings (SSSR count). The van der Waals surface area contributed by atoms with E-state index in [4.69, 9.17) is 23.7 Å². The van der Waals surface area contributed by atoms with Crippen LogP contribution in [0.1, 0.15) is 19.4 Å². The quantitative estimate of drug-likeness (QED) is 0.461. The van der Waals surface area contributed by atoms with Crippen molar-refractivity contribution in [2.24, 2.45) is 11.8 Å². The molecular weight excluding hydrogens is 418 g/mol. The topological polar surface area (TPSA) is 101 Å². The van der Waals surface area contributed by atoms with Crippen LogP contribution in [-0.4, -0.2) is 80.1 Å². The van der Waals surface area contributed by atoms with Crippen LogP contribution in [0.4, 0.5) is 0 Å². The third-order valence-corrected chi connectivity index (χ3v) is 6.73. The number of benzene rings is 1. The van der Waals surface area contributed by atoms with Crippen molar-refractivity contribution in [3.05, 3.63) is 35.9 Å². The molecule has 4 fully saturated rings. The van der Waals surface area contributed by atoms with Crippen molar-refractivity contribution in [2.45, 2.75) is 43.9 Å². The number of morpholine rings is 1. The number of carbonyl (C=O) groups excluding carboxylic acids is 3. The van der Waals surface area contributed by atoms with Crippen LogP contribution >= 0.6 is 0 Å². The van der Waals surface area contributed by atoms with Crippen LogP contribution < -0.4 is 0 Å². The smallest absolute Gasteiger partial charge is 0.320 e. The van der Waals surface area contributed by atoms with E-state index < -0.39 is 59.8 Å². The molecule has 172 valence electrons. The van der Waals surface area contributed by atoms with Crippen LogP contribution in [0.2, 0.25) is 0 Å². The summed E-state index contributed by atoms with van der Waals surface area (Å²) in [6.45, 7) is 6.12. The fourth-order valence-electron chi connectivity index (χ4n) is 5.09. The van der Waals surface area contributed by atoms with Gasteiger partial charge in [0, 0.05) is 13.1 Å². The Bertz CT molecular complexity index is 897. The lowest BCUT2D eigenvalue weighted by atomic mass is 9.78. The number of ether oxygens (including phenoxy) is 5. The van der Waals surface area contributed by atoms with Gasteiger partial charge in [0.25, 0.3) is 0 Å².